The molecule has 0 aliphatic heterocycles. The van der Waals surface area contributed by atoms with Gasteiger partial charge in [-0.3, -0.25) is 0 Å². The molecule has 0 spiro atoms. The molecule has 0 amide bonds. The van der Waals surface area contributed by atoms with Crippen LogP contribution in [0, 0.1) is 0 Å². The highest BCUT2D eigenvalue weighted by molar-refractivity contribution is 5.45. The first-order valence-electron chi connectivity index (χ1n) is 7.34. The van der Waals surface area contributed by atoms with Crippen molar-refractivity contribution in [3.05, 3.63) is 65.2 Å². The number of anilines is 1. The Morgan fingerprint density at radius 3 is 2.40 bits per heavy atom. The number of nitrogens with two attached hydrogens (primary N) is 1. The van der Waals surface area contributed by atoms with Crippen LogP contribution >= 0.6 is 0 Å². The third-order valence-electron chi connectivity index (χ3n) is 4.09. The van der Waals surface area contributed by atoms with Crippen LogP contribution in [0.2, 0.25) is 0 Å². The molecular formula is C18H21NO. The van der Waals surface area contributed by atoms with E-state index in [1.807, 2.05) is 18.2 Å². The zero-order valence-corrected chi connectivity index (χ0v) is 11.6. The second-order valence-electron chi connectivity index (χ2n) is 5.68. The van der Waals surface area contributed by atoms with Crippen LogP contribution in [-0.2, 0) is 0 Å². The molecule has 3 N–H and O–H groups in total. The molecule has 0 heterocycles. The summed E-state index contributed by atoms with van der Waals surface area (Å²) in [5, 5.41) is 9.39. The van der Waals surface area contributed by atoms with Gasteiger partial charge in [0.25, 0.3) is 0 Å². The largest absolute Gasteiger partial charge is 0.399 e. The Balaban J connectivity index is 1.95. The molecule has 2 aromatic carbocycles. The van der Waals surface area contributed by atoms with Crippen LogP contribution in [-0.4, -0.2) is 11.7 Å². The number of benzene rings is 2. The molecule has 0 saturated heterocycles. The molecule has 2 nitrogen and oxygen atoms in total. The zero-order chi connectivity index (χ0) is 13.9. The molecule has 104 valence electrons. The van der Waals surface area contributed by atoms with Crippen molar-refractivity contribution in [1.82, 2.24) is 0 Å². The van der Waals surface area contributed by atoms with Crippen molar-refractivity contribution in [2.45, 2.75) is 31.1 Å². The average Bonchev–Trinajstić information content (AvgIpc) is 3.29. The molecule has 1 fully saturated rings. The minimum Gasteiger partial charge on any atom is -0.399 e. The monoisotopic (exact) mass is 267 g/mol. The molecule has 1 aliphatic rings. The average molecular weight is 267 g/mol. The lowest BCUT2D eigenvalue weighted by Crippen LogP contribution is -2.05. The summed E-state index contributed by atoms with van der Waals surface area (Å²) in [4.78, 5) is 0. The standard InChI is InChI=1S/C18H21NO/c19-17-6-2-5-16(12-17)18(9-10-20)15-4-1-3-14(11-15)13-7-8-13/h1-6,11-13,18,20H,7-10,19H2. The summed E-state index contributed by atoms with van der Waals surface area (Å²) in [6.45, 7) is 0.188. The molecule has 2 aromatic rings. The highest BCUT2D eigenvalue weighted by Crippen LogP contribution is 2.41. The van der Waals surface area contributed by atoms with Gasteiger partial charge in [-0.05, 0) is 54.0 Å². The van der Waals surface area contributed by atoms with E-state index in [1.54, 1.807) is 0 Å². The smallest absolute Gasteiger partial charge is 0.0440 e. The summed E-state index contributed by atoms with van der Waals surface area (Å²) in [6, 6.07) is 16.8. The molecule has 0 aromatic heterocycles. The molecule has 0 bridgehead atoms. The Bertz CT molecular complexity index is 589. The van der Waals surface area contributed by atoms with E-state index in [0.717, 1.165) is 18.0 Å². The third-order valence-corrected chi connectivity index (χ3v) is 4.09. The Labute approximate surface area is 120 Å². The van der Waals surface area contributed by atoms with Crippen molar-refractivity contribution in [2.24, 2.45) is 0 Å². The Hall–Kier alpha value is -1.80. The second kappa shape index (κ2) is 5.68. The maximum absolute atomic E-state index is 9.39. The fourth-order valence-electron chi connectivity index (χ4n) is 2.88. The summed E-state index contributed by atoms with van der Waals surface area (Å²) >= 11 is 0. The van der Waals surface area contributed by atoms with E-state index in [4.69, 9.17) is 5.73 Å². The summed E-state index contributed by atoms with van der Waals surface area (Å²) in [7, 11) is 0. The molecule has 1 atom stereocenters. The molecule has 0 radical (unpaired) electrons. The number of rotatable bonds is 5. The summed E-state index contributed by atoms with van der Waals surface area (Å²) < 4.78 is 0. The second-order valence-corrected chi connectivity index (χ2v) is 5.68. The van der Waals surface area contributed by atoms with Crippen molar-refractivity contribution >= 4 is 5.69 Å². The van der Waals surface area contributed by atoms with E-state index in [-0.39, 0.29) is 12.5 Å². The third kappa shape index (κ3) is 2.86. The van der Waals surface area contributed by atoms with Crippen LogP contribution in [0.15, 0.2) is 48.5 Å². The predicted octanol–water partition coefficient (Wildman–Crippen LogP) is 3.66. The van der Waals surface area contributed by atoms with Gasteiger partial charge in [0.15, 0.2) is 0 Å². The van der Waals surface area contributed by atoms with Crippen LogP contribution in [0.25, 0.3) is 0 Å². The van der Waals surface area contributed by atoms with Gasteiger partial charge in [0.2, 0.25) is 0 Å². The van der Waals surface area contributed by atoms with Gasteiger partial charge in [-0.25, -0.2) is 0 Å². The van der Waals surface area contributed by atoms with E-state index in [1.165, 1.54) is 29.5 Å². The minimum absolute atomic E-state index is 0.188. The Kier molecular flexibility index (Phi) is 3.75. The maximum atomic E-state index is 9.39. The first kappa shape index (κ1) is 13.2. The molecule has 1 saturated carbocycles. The zero-order valence-electron chi connectivity index (χ0n) is 11.6. The highest BCUT2D eigenvalue weighted by atomic mass is 16.3. The van der Waals surface area contributed by atoms with E-state index >= 15 is 0 Å². The molecule has 1 unspecified atom stereocenters. The topological polar surface area (TPSA) is 46.2 Å². The minimum atomic E-state index is 0.188. The molecule has 20 heavy (non-hydrogen) atoms. The molecule has 2 heteroatoms. The van der Waals surface area contributed by atoms with Crippen LogP contribution in [0.1, 0.15) is 47.8 Å². The van der Waals surface area contributed by atoms with Crippen molar-refractivity contribution in [3.8, 4) is 0 Å². The normalized spacial score (nSPS) is 16.1. The van der Waals surface area contributed by atoms with Crippen molar-refractivity contribution in [2.75, 3.05) is 12.3 Å². The summed E-state index contributed by atoms with van der Waals surface area (Å²) in [6.07, 6.45) is 3.36. The van der Waals surface area contributed by atoms with Gasteiger partial charge in [-0.15, -0.1) is 0 Å². The fraction of sp³-hybridized carbons (Fsp3) is 0.333. The van der Waals surface area contributed by atoms with Crippen molar-refractivity contribution < 1.29 is 5.11 Å². The van der Waals surface area contributed by atoms with Gasteiger partial charge in [0, 0.05) is 18.2 Å². The van der Waals surface area contributed by atoms with E-state index in [2.05, 4.69) is 30.3 Å². The van der Waals surface area contributed by atoms with Crippen LogP contribution in [0.5, 0.6) is 0 Å². The van der Waals surface area contributed by atoms with Crippen LogP contribution in [0.4, 0.5) is 5.69 Å². The van der Waals surface area contributed by atoms with Gasteiger partial charge in [0.1, 0.15) is 0 Å². The van der Waals surface area contributed by atoms with Crippen LogP contribution in [0.3, 0.4) is 0 Å². The number of aliphatic hydroxyl groups excluding tert-OH is 1. The molecule has 1 aliphatic carbocycles. The highest BCUT2D eigenvalue weighted by Gasteiger charge is 2.24. The maximum Gasteiger partial charge on any atom is 0.0440 e. The summed E-state index contributed by atoms with van der Waals surface area (Å²) in [5.74, 6) is 0.979. The number of hydrogen-bond donors (Lipinski definition) is 2. The van der Waals surface area contributed by atoms with Crippen LogP contribution < -0.4 is 5.73 Å². The van der Waals surface area contributed by atoms with Gasteiger partial charge in [-0.1, -0.05) is 36.4 Å². The van der Waals surface area contributed by atoms with Crippen molar-refractivity contribution in [3.63, 3.8) is 0 Å². The Morgan fingerprint density at radius 2 is 1.75 bits per heavy atom. The van der Waals surface area contributed by atoms with E-state index in [9.17, 15) is 5.11 Å². The number of aliphatic hydroxyl groups is 1. The lowest BCUT2D eigenvalue weighted by Gasteiger charge is -2.18. The molecule has 3 rings (SSSR count). The van der Waals surface area contributed by atoms with E-state index < -0.39 is 0 Å². The predicted molar refractivity (Wildman–Crippen MR) is 82.8 cm³/mol. The number of nitrogen functional groups attached to an aromatic ring is 1. The first-order chi connectivity index (χ1) is 9.78. The number of hydrogen-bond acceptors (Lipinski definition) is 2. The molecular weight excluding hydrogens is 246 g/mol. The summed E-state index contributed by atoms with van der Waals surface area (Å²) in [5.41, 5.74) is 10.6. The lowest BCUT2D eigenvalue weighted by molar-refractivity contribution is 0.281. The van der Waals surface area contributed by atoms with Gasteiger partial charge in [-0.2, -0.15) is 0 Å². The quantitative estimate of drug-likeness (QED) is 0.812. The lowest BCUT2D eigenvalue weighted by atomic mass is 9.87. The van der Waals surface area contributed by atoms with Gasteiger partial charge >= 0.3 is 0 Å². The first-order valence-corrected chi connectivity index (χ1v) is 7.34. The van der Waals surface area contributed by atoms with Gasteiger partial charge in [0.05, 0.1) is 0 Å². The fourth-order valence-corrected chi connectivity index (χ4v) is 2.88. The SMILES string of the molecule is Nc1cccc(C(CCO)c2cccc(C3CC3)c2)c1. The van der Waals surface area contributed by atoms with Gasteiger partial charge < -0.3 is 10.8 Å². The van der Waals surface area contributed by atoms with Crippen molar-refractivity contribution in [1.29, 1.82) is 0 Å². The van der Waals surface area contributed by atoms with E-state index in [0.29, 0.717) is 0 Å². The Morgan fingerprint density at radius 1 is 1.05 bits per heavy atom.